The molecule has 0 saturated heterocycles. The van der Waals surface area contributed by atoms with Crippen LogP contribution in [0, 0.1) is 6.92 Å². The smallest absolute Gasteiger partial charge is 0.261 e. The fraction of sp³-hybridized carbons (Fsp3) is 0.250. The summed E-state index contributed by atoms with van der Waals surface area (Å²) in [6.07, 6.45) is 5.21. The van der Waals surface area contributed by atoms with Crippen molar-refractivity contribution in [3.63, 3.8) is 0 Å². The van der Waals surface area contributed by atoms with E-state index >= 15 is 0 Å². The summed E-state index contributed by atoms with van der Waals surface area (Å²) in [5.41, 5.74) is 3.36. The number of ether oxygens (including phenoxy) is 1. The molecule has 132 valence electrons. The topological polar surface area (TPSA) is 60.2 Å². The second-order valence-corrected chi connectivity index (χ2v) is 6.27. The number of amides is 1. The number of carbonyl (C=O) groups excluding carboxylic acids is 1. The Labute approximate surface area is 152 Å². The number of carbonyl (C=O) groups is 1. The summed E-state index contributed by atoms with van der Waals surface area (Å²) >= 11 is 0. The van der Waals surface area contributed by atoms with Crippen LogP contribution >= 0.6 is 0 Å². The van der Waals surface area contributed by atoms with Crippen molar-refractivity contribution >= 4 is 11.6 Å². The van der Waals surface area contributed by atoms with Crippen LogP contribution in [0.2, 0.25) is 0 Å². The first-order valence-corrected chi connectivity index (χ1v) is 8.64. The van der Waals surface area contributed by atoms with Crippen molar-refractivity contribution in [2.45, 2.75) is 19.8 Å². The molecule has 1 aliphatic heterocycles. The summed E-state index contributed by atoms with van der Waals surface area (Å²) in [6.45, 7) is 2.56. The molecule has 3 aromatic rings. The zero-order valence-corrected chi connectivity index (χ0v) is 14.8. The lowest BCUT2D eigenvalue weighted by Gasteiger charge is -2.30. The first-order chi connectivity index (χ1) is 12.7. The van der Waals surface area contributed by atoms with Crippen molar-refractivity contribution in [3.8, 4) is 11.6 Å². The van der Waals surface area contributed by atoms with Crippen molar-refractivity contribution in [3.05, 3.63) is 65.6 Å². The fourth-order valence-electron chi connectivity index (χ4n) is 3.46. The van der Waals surface area contributed by atoms with Crippen LogP contribution in [0.1, 0.15) is 28.0 Å². The fourth-order valence-corrected chi connectivity index (χ4v) is 3.46. The van der Waals surface area contributed by atoms with Gasteiger partial charge in [0.1, 0.15) is 5.75 Å². The Kier molecular flexibility index (Phi) is 4.16. The van der Waals surface area contributed by atoms with Crippen molar-refractivity contribution in [2.75, 3.05) is 18.6 Å². The second-order valence-electron chi connectivity index (χ2n) is 6.27. The molecule has 2 aromatic heterocycles. The quantitative estimate of drug-likeness (QED) is 0.729. The van der Waals surface area contributed by atoms with E-state index in [9.17, 15) is 4.79 Å². The summed E-state index contributed by atoms with van der Waals surface area (Å²) < 4.78 is 7.20. The Hall–Kier alpha value is -3.15. The highest BCUT2D eigenvalue weighted by atomic mass is 16.5. The highest BCUT2D eigenvalue weighted by molar-refractivity contribution is 6.08. The van der Waals surface area contributed by atoms with Gasteiger partial charge in [0.15, 0.2) is 5.82 Å². The Bertz CT molecular complexity index is 935. The first-order valence-electron chi connectivity index (χ1n) is 8.64. The number of rotatable bonds is 3. The van der Waals surface area contributed by atoms with Crippen molar-refractivity contribution < 1.29 is 9.53 Å². The van der Waals surface area contributed by atoms with E-state index in [0.29, 0.717) is 17.9 Å². The Balaban J connectivity index is 1.74. The summed E-state index contributed by atoms with van der Waals surface area (Å²) in [7, 11) is 1.64. The minimum Gasteiger partial charge on any atom is -0.495 e. The second kappa shape index (κ2) is 6.63. The van der Waals surface area contributed by atoms with Gasteiger partial charge in [-0.15, -0.1) is 0 Å². The molecule has 0 atom stereocenters. The molecule has 0 radical (unpaired) electrons. The third-order valence-electron chi connectivity index (χ3n) is 4.75. The van der Waals surface area contributed by atoms with E-state index in [2.05, 4.69) is 16.1 Å². The summed E-state index contributed by atoms with van der Waals surface area (Å²) in [4.78, 5) is 19.4. The lowest BCUT2D eigenvalue weighted by atomic mass is 10.00. The van der Waals surface area contributed by atoms with Gasteiger partial charge in [-0.25, -0.2) is 9.67 Å². The average Bonchev–Trinajstić information content (AvgIpc) is 3.08. The maximum Gasteiger partial charge on any atom is 0.261 e. The number of anilines is 1. The number of hydrogen-bond acceptors (Lipinski definition) is 4. The molecule has 0 fully saturated rings. The van der Waals surface area contributed by atoms with Gasteiger partial charge in [0.25, 0.3) is 5.91 Å². The lowest BCUT2D eigenvalue weighted by Crippen LogP contribution is -2.36. The highest BCUT2D eigenvalue weighted by Gasteiger charge is 2.29. The molecule has 4 rings (SSSR count). The summed E-state index contributed by atoms with van der Waals surface area (Å²) in [5.74, 6) is 1.36. The maximum absolute atomic E-state index is 13.3. The molecule has 3 heterocycles. The molecule has 0 unspecified atom stereocenters. The molecular formula is C20H20N4O2. The molecule has 26 heavy (non-hydrogen) atoms. The predicted molar refractivity (Wildman–Crippen MR) is 99.1 cm³/mol. The number of fused-ring (bicyclic) bond motifs is 1. The number of aromatic nitrogens is 3. The Morgan fingerprint density at radius 3 is 2.85 bits per heavy atom. The number of benzene rings is 1. The van der Waals surface area contributed by atoms with Gasteiger partial charge in [-0.2, -0.15) is 5.10 Å². The van der Waals surface area contributed by atoms with Crippen LogP contribution in [0.3, 0.4) is 0 Å². The molecule has 0 bridgehead atoms. The van der Waals surface area contributed by atoms with Crippen LogP contribution in [0.15, 0.2) is 48.8 Å². The van der Waals surface area contributed by atoms with Crippen molar-refractivity contribution in [2.24, 2.45) is 0 Å². The number of nitrogens with zero attached hydrogens (tertiary/aromatic N) is 4. The number of para-hydroxylation sites is 1. The molecular weight excluding hydrogens is 328 g/mol. The molecule has 1 aliphatic rings. The van der Waals surface area contributed by atoms with E-state index in [1.54, 1.807) is 24.2 Å². The van der Waals surface area contributed by atoms with E-state index < -0.39 is 0 Å². The van der Waals surface area contributed by atoms with Crippen LogP contribution in [-0.4, -0.2) is 34.3 Å². The standard InChI is InChI=1S/C20H20N4O2/c1-14-16(13-22-24(14)18-10-3-4-11-21-18)20(25)23-12-6-8-15-7-5-9-17(26-2)19(15)23/h3-5,7,9-11,13H,6,8,12H2,1-2H3. The molecule has 6 heteroatoms. The average molecular weight is 348 g/mol. The van der Waals surface area contributed by atoms with Crippen LogP contribution in [-0.2, 0) is 6.42 Å². The third-order valence-corrected chi connectivity index (χ3v) is 4.75. The van der Waals surface area contributed by atoms with Crippen LogP contribution in [0.4, 0.5) is 5.69 Å². The molecule has 6 nitrogen and oxygen atoms in total. The van der Waals surface area contributed by atoms with E-state index in [-0.39, 0.29) is 5.91 Å². The highest BCUT2D eigenvalue weighted by Crippen LogP contribution is 2.37. The molecule has 0 aliphatic carbocycles. The van der Waals surface area contributed by atoms with E-state index in [4.69, 9.17) is 4.74 Å². The van der Waals surface area contributed by atoms with E-state index in [1.807, 2.05) is 42.2 Å². The molecule has 0 spiro atoms. The van der Waals surface area contributed by atoms with Gasteiger partial charge in [0, 0.05) is 12.7 Å². The van der Waals surface area contributed by atoms with Gasteiger partial charge in [-0.3, -0.25) is 4.79 Å². The summed E-state index contributed by atoms with van der Waals surface area (Å²) in [5, 5.41) is 4.38. The summed E-state index contributed by atoms with van der Waals surface area (Å²) in [6, 6.07) is 11.5. The normalized spacial score (nSPS) is 13.4. The van der Waals surface area contributed by atoms with E-state index in [1.165, 1.54) is 0 Å². The molecule has 1 aromatic carbocycles. The number of methoxy groups -OCH3 is 1. The molecule has 0 N–H and O–H groups in total. The van der Waals surface area contributed by atoms with Crippen LogP contribution in [0.5, 0.6) is 5.75 Å². The van der Waals surface area contributed by atoms with Gasteiger partial charge in [-0.1, -0.05) is 18.2 Å². The zero-order chi connectivity index (χ0) is 18.1. The largest absolute Gasteiger partial charge is 0.495 e. The van der Waals surface area contributed by atoms with Gasteiger partial charge >= 0.3 is 0 Å². The van der Waals surface area contributed by atoms with Gasteiger partial charge < -0.3 is 9.64 Å². The van der Waals surface area contributed by atoms with Crippen molar-refractivity contribution in [1.82, 2.24) is 14.8 Å². The molecule has 0 saturated carbocycles. The van der Waals surface area contributed by atoms with Gasteiger partial charge in [-0.05, 0) is 43.5 Å². The minimum absolute atomic E-state index is 0.0601. The van der Waals surface area contributed by atoms with Crippen molar-refractivity contribution in [1.29, 1.82) is 0 Å². The first kappa shape index (κ1) is 16.3. The number of aryl methyl sites for hydroxylation is 1. The number of pyridine rings is 1. The van der Waals surface area contributed by atoms with Crippen LogP contribution < -0.4 is 9.64 Å². The number of hydrogen-bond donors (Lipinski definition) is 0. The SMILES string of the molecule is COc1cccc2c1N(C(=O)c1cnn(-c3ccccn3)c1C)CCC2. The monoisotopic (exact) mass is 348 g/mol. The lowest BCUT2D eigenvalue weighted by molar-refractivity contribution is 0.0983. The Morgan fingerprint density at radius 1 is 1.19 bits per heavy atom. The van der Waals surface area contributed by atoms with E-state index in [0.717, 1.165) is 35.5 Å². The predicted octanol–water partition coefficient (Wildman–Crippen LogP) is 3.18. The molecule has 1 amide bonds. The maximum atomic E-state index is 13.3. The zero-order valence-electron chi connectivity index (χ0n) is 14.8. The van der Waals surface area contributed by atoms with Gasteiger partial charge in [0.2, 0.25) is 0 Å². The van der Waals surface area contributed by atoms with Crippen LogP contribution in [0.25, 0.3) is 5.82 Å². The minimum atomic E-state index is -0.0601. The third kappa shape index (κ3) is 2.63. The van der Waals surface area contributed by atoms with Gasteiger partial charge in [0.05, 0.1) is 30.3 Å². The Morgan fingerprint density at radius 2 is 2.08 bits per heavy atom.